The molecule has 1 atom stereocenters. The molecule has 1 aliphatic rings. The van der Waals surface area contributed by atoms with Gasteiger partial charge in [0, 0.05) is 50.3 Å². The molecule has 8 heteroatoms. The van der Waals surface area contributed by atoms with Crippen molar-refractivity contribution in [1.29, 1.82) is 0 Å². The molecule has 1 unspecified atom stereocenters. The van der Waals surface area contributed by atoms with Crippen LogP contribution in [0.5, 0.6) is 5.75 Å². The molecule has 4 rings (SSSR count). The Morgan fingerprint density at radius 3 is 2.75 bits per heavy atom. The van der Waals surface area contributed by atoms with Gasteiger partial charge in [0.1, 0.15) is 17.9 Å². The van der Waals surface area contributed by atoms with Crippen molar-refractivity contribution >= 4 is 24.8 Å². The molecule has 28 heavy (non-hydrogen) atoms. The average molecular weight is 422 g/mol. The molecule has 1 N–H and O–H groups in total. The number of ether oxygens (including phenoxy) is 1. The lowest BCUT2D eigenvalue weighted by molar-refractivity contribution is 0.151. The molecule has 1 aliphatic heterocycles. The van der Waals surface area contributed by atoms with Crippen LogP contribution in [0.3, 0.4) is 0 Å². The highest BCUT2D eigenvalue weighted by molar-refractivity contribution is 5.85. The Labute approximate surface area is 177 Å². The molecular formula is C20H25Cl2N5O. The Kier molecular flexibility index (Phi) is 8.26. The number of imidazole rings is 1. The Morgan fingerprint density at radius 1 is 1.18 bits per heavy atom. The van der Waals surface area contributed by atoms with Gasteiger partial charge in [-0.1, -0.05) is 24.3 Å². The van der Waals surface area contributed by atoms with Crippen molar-refractivity contribution in [2.45, 2.75) is 12.6 Å². The van der Waals surface area contributed by atoms with Crippen molar-refractivity contribution in [3.8, 4) is 11.6 Å². The number of halogens is 2. The van der Waals surface area contributed by atoms with Crippen LogP contribution in [0.4, 0.5) is 0 Å². The van der Waals surface area contributed by atoms with Crippen molar-refractivity contribution in [2.75, 3.05) is 26.7 Å². The molecular weight excluding hydrogens is 397 g/mol. The van der Waals surface area contributed by atoms with E-state index in [1.54, 1.807) is 19.6 Å². The van der Waals surface area contributed by atoms with Gasteiger partial charge in [-0.05, 0) is 17.7 Å². The number of nitrogens with one attached hydrogen (secondary N) is 1. The van der Waals surface area contributed by atoms with Crippen molar-refractivity contribution in [1.82, 2.24) is 24.8 Å². The number of piperazine rings is 1. The highest BCUT2D eigenvalue weighted by Gasteiger charge is 2.26. The normalized spacial score (nSPS) is 16.7. The van der Waals surface area contributed by atoms with Crippen LogP contribution in [0, 0.1) is 0 Å². The van der Waals surface area contributed by atoms with Gasteiger partial charge in [-0.2, -0.15) is 0 Å². The van der Waals surface area contributed by atoms with Gasteiger partial charge >= 0.3 is 0 Å². The minimum atomic E-state index is 0. The first kappa shape index (κ1) is 22.2. The lowest BCUT2D eigenvalue weighted by atomic mass is 10.0. The van der Waals surface area contributed by atoms with Crippen LogP contribution in [-0.4, -0.2) is 46.2 Å². The lowest BCUT2D eigenvalue weighted by Gasteiger charge is -2.37. The Hall–Kier alpha value is -2.12. The summed E-state index contributed by atoms with van der Waals surface area (Å²) in [7, 11) is 1.73. The molecule has 0 saturated carbocycles. The highest BCUT2D eigenvalue weighted by atomic mass is 35.5. The highest BCUT2D eigenvalue weighted by Crippen LogP contribution is 2.31. The molecule has 0 spiro atoms. The molecule has 3 aromatic rings. The fraction of sp³-hybridized carbons (Fsp3) is 0.300. The summed E-state index contributed by atoms with van der Waals surface area (Å²) in [6.45, 7) is 3.76. The molecule has 0 bridgehead atoms. The van der Waals surface area contributed by atoms with E-state index in [4.69, 9.17) is 4.74 Å². The molecule has 2 aromatic heterocycles. The predicted octanol–water partition coefficient (Wildman–Crippen LogP) is 3.27. The first-order valence-corrected chi connectivity index (χ1v) is 8.86. The van der Waals surface area contributed by atoms with Gasteiger partial charge in [0.2, 0.25) is 0 Å². The summed E-state index contributed by atoms with van der Waals surface area (Å²) in [5.74, 6) is 1.83. The SMILES string of the molecule is COc1ccccc1C1CNCCN1Cc1ccc(-n2ccnc2)nc1.Cl.Cl. The van der Waals surface area contributed by atoms with Crippen molar-refractivity contribution in [3.05, 3.63) is 72.4 Å². The molecule has 150 valence electrons. The van der Waals surface area contributed by atoms with E-state index in [0.717, 1.165) is 37.7 Å². The number of rotatable bonds is 5. The first-order chi connectivity index (χ1) is 12.8. The van der Waals surface area contributed by atoms with E-state index >= 15 is 0 Å². The van der Waals surface area contributed by atoms with E-state index in [1.165, 1.54) is 11.1 Å². The number of aromatic nitrogens is 3. The summed E-state index contributed by atoms with van der Waals surface area (Å²) in [6.07, 6.45) is 7.37. The van der Waals surface area contributed by atoms with E-state index in [1.807, 2.05) is 35.2 Å². The van der Waals surface area contributed by atoms with E-state index in [0.29, 0.717) is 0 Å². The molecule has 1 aromatic carbocycles. The minimum absolute atomic E-state index is 0. The maximum atomic E-state index is 5.58. The van der Waals surface area contributed by atoms with Crippen molar-refractivity contribution in [3.63, 3.8) is 0 Å². The fourth-order valence-corrected chi connectivity index (χ4v) is 3.48. The standard InChI is InChI=1S/C20H23N5O.2ClH/c1-26-19-5-3-2-4-17(19)18-13-21-8-10-24(18)14-16-6-7-20(23-12-16)25-11-9-22-15-25;;/h2-7,9,11-12,15,18,21H,8,10,13-14H2,1H3;2*1H. The van der Waals surface area contributed by atoms with Gasteiger partial charge in [-0.15, -0.1) is 24.8 Å². The zero-order chi connectivity index (χ0) is 17.8. The van der Waals surface area contributed by atoms with Crippen LogP contribution in [-0.2, 0) is 6.54 Å². The Balaban J connectivity index is 0.00000140. The fourth-order valence-electron chi connectivity index (χ4n) is 3.48. The monoisotopic (exact) mass is 421 g/mol. The number of hydrogen-bond acceptors (Lipinski definition) is 5. The van der Waals surface area contributed by atoms with Crippen molar-refractivity contribution in [2.24, 2.45) is 0 Å². The quantitative estimate of drug-likeness (QED) is 0.684. The van der Waals surface area contributed by atoms with Crippen LogP contribution < -0.4 is 10.1 Å². The summed E-state index contributed by atoms with van der Waals surface area (Å²) in [5, 5.41) is 3.50. The summed E-state index contributed by atoms with van der Waals surface area (Å²) in [4.78, 5) is 11.1. The van der Waals surface area contributed by atoms with E-state index in [-0.39, 0.29) is 30.9 Å². The van der Waals surface area contributed by atoms with E-state index in [9.17, 15) is 0 Å². The number of para-hydroxylation sites is 1. The summed E-state index contributed by atoms with van der Waals surface area (Å²) >= 11 is 0. The predicted molar refractivity (Wildman–Crippen MR) is 115 cm³/mol. The van der Waals surface area contributed by atoms with Crippen LogP contribution >= 0.6 is 24.8 Å². The number of pyridine rings is 1. The summed E-state index contributed by atoms with van der Waals surface area (Å²) in [6, 6.07) is 12.7. The minimum Gasteiger partial charge on any atom is -0.496 e. The van der Waals surface area contributed by atoms with Gasteiger partial charge in [-0.3, -0.25) is 9.47 Å². The van der Waals surface area contributed by atoms with Crippen LogP contribution in [0.15, 0.2) is 61.3 Å². The number of nitrogens with zero attached hydrogens (tertiary/aromatic N) is 4. The molecule has 6 nitrogen and oxygen atoms in total. The molecule has 0 aliphatic carbocycles. The van der Waals surface area contributed by atoms with Gasteiger partial charge in [0.15, 0.2) is 0 Å². The average Bonchev–Trinajstić information content (AvgIpc) is 3.24. The summed E-state index contributed by atoms with van der Waals surface area (Å²) < 4.78 is 7.49. The van der Waals surface area contributed by atoms with Gasteiger partial charge in [-0.25, -0.2) is 9.97 Å². The Bertz CT molecular complexity index is 842. The number of hydrogen-bond donors (Lipinski definition) is 1. The smallest absolute Gasteiger partial charge is 0.137 e. The van der Waals surface area contributed by atoms with Crippen molar-refractivity contribution < 1.29 is 4.74 Å². The number of benzene rings is 1. The summed E-state index contributed by atoms with van der Waals surface area (Å²) in [5.41, 5.74) is 2.43. The van der Waals surface area contributed by atoms with Gasteiger partial charge < -0.3 is 10.1 Å². The maximum absolute atomic E-state index is 5.58. The van der Waals surface area contributed by atoms with E-state index in [2.05, 4.69) is 38.4 Å². The molecule has 0 radical (unpaired) electrons. The molecule has 1 saturated heterocycles. The third kappa shape index (κ3) is 4.83. The Morgan fingerprint density at radius 2 is 2.04 bits per heavy atom. The van der Waals surface area contributed by atoms with Gasteiger partial charge in [0.25, 0.3) is 0 Å². The third-order valence-corrected chi connectivity index (χ3v) is 4.82. The van der Waals surface area contributed by atoms with E-state index < -0.39 is 0 Å². The second-order valence-corrected chi connectivity index (χ2v) is 6.43. The zero-order valence-corrected chi connectivity index (χ0v) is 17.3. The zero-order valence-electron chi connectivity index (χ0n) is 15.7. The van der Waals surface area contributed by atoms with Crippen LogP contribution in [0.2, 0.25) is 0 Å². The first-order valence-electron chi connectivity index (χ1n) is 8.86. The topological polar surface area (TPSA) is 55.2 Å². The maximum Gasteiger partial charge on any atom is 0.137 e. The molecule has 1 fully saturated rings. The van der Waals surface area contributed by atoms with Crippen LogP contribution in [0.25, 0.3) is 5.82 Å². The largest absolute Gasteiger partial charge is 0.496 e. The molecule has 0 amide bonds. The third-order valence-electron chi connectivity index (χ3n) is 4.82. The second kappa shape index (κ2) is 10.4. The van der Waals surface area contributed by atoms with Crippen LogP contribution in [0.1, 0.15) is 17.2 Å². The van der Waals surface area contributed by atoms with Gasteiger partial charge in [0.05, 0.1) is 13.2 Å². The number of methoxy groups -OCH3 is 1. The second-order valence-electron chi connectivity index (χ2n) is 6.43. The molecule has 3 heterocycles. The lowest BCUT2D eigenvalue weighted by Crippen LogP contribution is -2.45.